The number of piperidine rings is 1. The zero-order chi connectivity index (χ0) is 23.3. The van der Waals surface area contributed by atoms with Gasteiger partial charge in [0.2, 0.25) is 5.91 Å². The van der Waals surface area contributed by atoms with Gasteiger partial charge in [-0.2, -0.15) is 4.31 Å². The molecule has 172 valence electrons. The van der Waals surface area contributed by atoms with Gasteiger partial charge in [-0.05, 0) is 25.3 Å². The number of nitrogens with one attached hydrogen (secondary N) is 1. The average molecular weight is 463 g/mol. The average Bonchev–Trinajstić information content (AvgIpc) is 3.12. The van der Waals surface area contributed by atoms with Crippen molar-refractivity contribution in [1.82, 2.24) is 19.2 Å². The normalized spacial score (nSPS) is 15.3. The molecular formula is C21H26N4O6S. The van der Waals surface area contributed by atoms with Crippen molar-refractivity contribution in [2.45, 2.75) is 31.2 Å². The third-order valence-electron chi connectivity index (χ3n) is 5.31. The van der Waals surface area contributed by atoms with Crippen LogP contribution >= 0.6 is 0 Å². The van der Waals surface area contributed by atoms with Gasteiger partial charge in [0.25, 0.3) is 15.9 Å². The van der Waals surface area contributed by atoms with Crippen molar-refractivity contribution in [3.05, 3.63) is 47.9 Å². The molecule has 0 radical (unpaired) electrons. The summed E-state index contributed by atoms with van der Waals surface area (Å²) in [6, 6.07) is 8.95. The number of benzene rings is 1. The predicted molar refractivity (Wildman–Crippen MR) is 114 cm³/mol. The fourth-order valence-electron chi connectivity index (χ4n) is 3.39. The molecule has 32 heavy (non-hydrogen) atoms. The maximum Gasteiger partial charge on any atom is 0.309 e. The standard InChI is InChI=1S/C21H26N4O6S/c1-15-22-20(13-24(15)2)32(29,30)25-10-8-17(9-11-25)21(28)31-14-19(27)23-18(26)12-16-6-4-3-5-7-16/h3-7,13,17H,8-12,14H2,1-2H3,(H,23,26,27). The Labute approximate surface area is 186 Å². The summed E-state index contributed by atoms with van der Waals surface area (Å²) in [7, 11) is -2.01. The lowest BCUT2D eigenvalue weighted by Gasteiger charge is -2.29. The molecule has 0 saturated carbocycles. The summed E-state index contributed by atoms with van der Waals surface area (Å²) in [4.78, 5) is 40.2. The van der Waals surface area contributed by atoms with Crippen molar-refractivity contribution in [1.29, 1.82) is 0 Å². The van der Waals surface area contributed by atoms with Gasteiger partial charge in [-0.25, -0.2) is 13.4 Å². The number of imide groups is 1. The number of aryl methyl sites for hydroxylation is 2. The minimum atomic E-state index is -3.73. The van der Waals surface area contributed by atoms with Crippen LogP contribution in [0.25, 0.3) is 0 Å². The highest BCUT2D eigenvalue weighted by Gasteiger charge is 2.34. The number of rotatable bonds is 7. The van der Waals surface area contributed by atoms with Gasteiger partial charge in [-0.3, -0.25) is 19.7 Å². The minimum absolute atomic E-state index is 0.0182. The van der Waals surface area contributed by atoms with Crippen LogP contribution in [0.5, 0.6) is 0 Å². The van der Waals surface area contributed by atoms with Crippen LogP contribution in [0.4, 0.5) is 0 Å². The van der Waals surface area contributed by atoms with Crippen molar-refractivity contribution in [2.24, 2.45) is 13.0 Å². The topological polar surface area (TPSA) is 128 Å². The molecule has 2 aromatic rings. The monoisotopic (exact) mass is 462 g/mol. The second-order valence-electron chi connectivity index (χ2n) is 7.66. The van der Waals surface area contributed by atoms with Crippen LogP contribution in [0.3, 0.4) is 0 Å². The largest absolute Gasteiger partial charge is 0.455 e. The summed E-state index contributed by atoms with van der Waals surface area (Å²) in [5, 5.41) is 2.17. The molecule has 10 nitrogen and oxygen atoms in total. The van der Waals surface area contributed by atoms with E-state index in [9.17, 15) is 22.8 Å². The highest BCUT2D eigenvalue weighted by atomic mass is 32.2. The molecule has 0 aliphatic carbocycles. The van der Waals surface area contributed by atoms with E-state index in [1.54, 1.807) is 42.8 Å². The number of aromatic nitrogens is 2. The van der Waals surface area contributed by atoms with Gasteiger partial charge >= 0.3 is 5.97 Å². The van der Waals surface area contributed by atoms with Crippen molar-refractivity contribution in [2.75, 3.05) is 19.7 Å². The smallest absolute Gasteiger partial charge is 0.309 e. The van der Waals surface area contributed by atoms with E-state index >= 15 is 0 Å². The van der Waals surface area contributed by atoms with Gasteiger partial charge in [-0.1, -0.05) is 30.3 Å². The van der Waals surface area contributed by atoms with Crippen LogP contribution in [0.15, 0.2) is 41.6 Å². The number of sulfonamides is 1. The quantitative estimate of drug-likeness (QED) is 0.596. The molecule has 1 aromatic heterocycles. The van der Waals surface area contributed by atoms with E-state index in [4.69, 9.17) is 4.74 Å². The van der Waals surface area contributed by atoms with Gasteiger partial charge in [0.05, 0.1) is 12.3 Å². The van der Waals surface area contributed by atoms with Crippen LogP contribution in [-0.4, -0.2) is 59.8 Å². The molecule has 2 amide bonds. The summed E-state index contributed by atoms with van der Waals surface area (Å²) in [5.74, 6) is -1.70. The Bertz CT molecular complexity index is 1070. The summed E-state index contributed by atoms with van der Waals surface area (Å²) in [6.45, 7) is 1.46. The molecule has 0 bridgehead atoms. The first-order valence-electron chi connectivity index (χ1n) is 10.2. The number of nitrogens with zero attached hydrogens (tertiary/aromatic N) is 3. The Morgan fingerprint density at radius 2 is 1.78 bits per heavy atom. The Hall–Kier alpha value is -3.05. The van der Waals surface area contributed by atoms with Gasteiger partial charge in [0.1, 0.15) is 5.82 Å². The number of ether oxygens (including phenoxy) is 1. The van der Waals surface area contributed by atoms with Gasteiger partial charge < -0.3 is 9.30 Å². The molecule has 0 unspecified atom stereocenters. The van der Waals surface area contributed by atoms with Gasteiger partial charge in [0.15, 0.2) is 11.6 Å². The molecule has 1 aliphatic heterocycles. The maximum atomic E-state index is 12.7. The number of amides is 2. The lowest BCUT2D eigenvalue weighted by Crippen LogP contribution is -2.41. The van der Waals surface area contributed by atoms with Crippen molar-refractivity contribution >= 4 is 27.8 Å². The molecule has 1 aromatic carbocycles. The SMILES string of the molecule is Cc1nc(S(=O)(=O)N2CCC(C(=O)OCC(=O)NC(=O)Cc3ccccc3)CC2)cn1C. The second kappa shape index (κ2) is 10.0. The number of carbonyl (C=O) groups is 3. The zero-order valence-electron chi connectivity index (χ0n) is 18.0. The fourth-order valence-corrected chi connectivity index (χ4v) is 4.88. The number of imidazole rings is 1. The number of esters is 1. The molecule has 1 N–H and O–H groups in total. The van der Waals surface area contributed by atoms with Crippen LogP contribution in [0.2, 0.25) is 0 Å². The highest BCUT2D eigenvalue weighted by Crippen LogP contribution is 2.24. The molecule has 1 aliphatic rings. The first kappa shape index (κ1) is 23.6. The van der Waals surface area contributed by atoms with Crippen molar-refractivity contribution in [3.63, 3.8) is 0 Å². The second-order valence-corrected chi connectivity index (χ2v) is 9.54. The van der Waals surface area contributed by atoms with Crippen LogP contribution in [0.1, 0.15) is 24.2 Å². The van der Waals surface area contributed by atoms with E-state index in [2.05, 4.69) is 10.3 Å². The lowest BCUT2D eigenvalue weighted by molar-refractivity contribution is -0.154. The van der Waals surface area contributed by atoms with Crippen LogP contribution < -0.4 is 5.32 Å². The molecule has 0 atom stereocenters. The minimum Gasteiger partial charge on any atom is -0.455 e. The van der Waals surface area contributed by atoms with Crippen LogP contribution in [-0.2, 0) is 42.6 Å². The van der Waals surface area contributed by atoms with Crippen molar-refractivity contribution < 1.29 is 27.5 Å². The summed E-state index contributed by atoms with van der Waals surface area (Å²) in [6.07, 6.45) is 2.06. The van der Waals surface area contributed by atoms with E-state index in [0.29, 0.717) is 5.82 Å². The molecule has 1 fully saturated rings. The summed E-state index contributed by atoms with van der Waals surface area (Å²) in [5.41, 5.74) is 0.761. The molecule has 11 heteroatoms. The van der Waals surface area contributed by atoms with Gasteiger partial charge in [0, 0.05) is 26.3 Å². The number of hydrogen-bond donors (Lipinski definition) is 1. The maximum absolute atomic E-state index is 12.7. The molecular weight excluding hydrogens is 436 g/mol. The Morgan fingerprint density at radius 1 is 1.12 bits per heavy atom. The highest BCUT2D eigenvalue weighted by molar-refractivity contribution is 7.89. The zero-order valence-corrected chi connectivity index (χ0v) is 18.8. The predicted octanol–water partition coefficient (Wildman–Crippen LogP) is 0.558. The van der Waals surface area contributed by atoms with Crippen LogP contribution in [0, 0.1) is 12.8 Å². The van der Waals surface area contributed by atoms with E-state index in [1.165, 1.54) is 10.5 Å². The molecule has 2 heterocycles. The van der Waals surface area contributed by atoms with E-state index < -0.39 is 40.3 Å². The van der Waals surface area contributed by atoms with Gasteiger partial charge in [-0.15, -0.1) is 0 Å². The third kappa shape index (κ3) is 5.80. The van der Waals surface area contributed by atoms with E-state index in [1.807, 2.05) is 6.07 Å². The summed E-state index contributed by atoms with van der Waals surface area (Å²) < 4.78 is 33.4. The van der Waals surface area contributed by atoms with E-state index in [-0.39, 0.29) is 37.4 Å². The summed E-state index contributed by atoms with van der Waals surface area (Å²) >= 11 is 0. The Morgan fingerprint density at radius 3 is 2.38 bits per heavy atom. The van der Waals surface area contributed by atoms with Crippen molar-refractivity contribution in [3.8, 4) is 0 Å². The first-order chi connectivity index (χ1) is 15.2. The molecule has 3 rings (SSSR count). The first-order valence-corrected chi connectivity index (χ1v) is 11.6. The molecule has 1 saturated heterocycles. The third-order valence-corrected chi connectivity index (χ3v) is 7.08. The molecule has 0 spiro atoms. The van der Waals surface area contributed by atoms with E-state index in [0.717, 1.165) is 5.56 Å². The lowest BCUT2D eigenvalue weighted by atomic mass is 9.98. The Balaban J connectivity index is 1.43. The Kier molecular flexibility index (Phi) is 7.41. The number of carbonyl (C=O) groups excluding carboxylic acids is 3. The fraction of sp³-hybridized carbons (Fsp3) is 0.429. The number of hydrogen-bond acceptors (Lipinski definition) is 7.